The first-order valence-electron chi connectivity index (χ1n) is 5.77. The summed E-state index contributed by atoms with van der Waals surface area (Å²) in [6, 6.07) is 0. The molecule has 1 spiro atoms. The summed E-state index contributed by atoms with van der Waals surface area (Å²) in [5.41, 5.74) is 0.147. The zero-order valence-electron chi connectivity index (χ0n) is 9.25. The van der Waals surface area contributed by atoms with Gasteiger partial charge in [0.05, 0.1) is 7.11 Å². The smallest absolute Gasteiger partial charge is 0.316 e. The summed E-state index contributed by atoms with van der Waals surface area (Å²) in [5.74, 6) is -0.695. The molecule has 2 aliphatic rings. The molecular formula is C12H18O3. The van der Waals surface area contributed by atoms with Crippen LogP contribution in [-0.4, -0.2) is 18.9 Å². The van der Waals surface area contributed by atoms with Crippen LogP contribution in [0.15, 0.2) is 0 Å². The second-order valence-corrected chi connectivity index (χ2v) is 4.98. The number of hydrogen-bond donors (Lipinski definition) is 0. The van der Waals surface area contributed by atoms with E-state index in [9.17, 15) is 9.59 Å². The van der Waals surface area contributed by atoms with Crippen molar-refractivity contribution in [3.63, 3.8) is 0 Å². The van der Waals surface area contributed by atoms with Crippen LogP contribution >= 0.6 is 0 Å². The predicted molar refractivity (Wildman–Crippen MR) is 55.3 cm³/mol. The Morgan fingerprint density at radius 1 is 1.33 bits per heavy atom. The van der Waals surface area contributed by atoms with Crippen molar-refractivity contribution in [3.8, 4) is 0 Å². The number of ether oxygens (including phenoxy) is 1. The average molecular weight is 210 g/mol. The number of rotatable bonds is 1. The Morgan fingerprint density at radius 2 is 2.00 bits per heavy atom. The van der Waals surface area contributed by atoms with Crippen LogP contribution in [0.1, 0.15) is 44.9 Å². The largest absolute Gasteiger partial charge is 0.468 e. The minimum Gasteiger partial charge on any atom is -0.468 e. The highest BCUT2D eigenvalue weighted by Crippen LogP contribution is 2.49. The molecule has 0 aromatic carbocycles. The minimum absolute atomic E-state index is 0.101. The summed E-state index contributed by atoms with van der Waals surface area (Å²) in [7, 11) is 1.36. The first-order valence-corrected chi connectivity index (χ1v) is 5.77. The molecule has 1 unspecified atom stereocenters. The molecule has 0 radical (unpaired) electrons. The number of methoxy groups -OCH3 is 1. The molecule has 0 N–H and O–H groups in total. The van der Waals surface area contributed by atoms with Crippen molar-refractivity contribution < 1.29 is 14.3 Å². The van der Waals surface area contributed by atoms with Gasteiger partial charge in [0.2, 0.25) is 0 Å². The fraction of sp³-hybridized carbons (Fsp3) is 0.833. The van der Waals surface area contributed by atoms with Gasteiger partial charge in [-0.05, 0) is 24.7 Å². The first kappa shape index (κ1) is 10.7. The molecule has 0 bridgehead atoms. The lowest BCUT2D eigenvalue weighted by atomic mass is 9.72. The van der Waals surface area contributed by atoms with Gasteiger partial charge in [-0.15, -0.1) is 0 Å². The third-order valence-corrected chi connectivity index (χ3v) is 3.97. The van der Waals surface area contributed by atoms with Gasteiger partial charge in [0.15, 0.2) is 0 Å². The molecule has 15 heavy (non-hydrogen) atoms. The molecule has 0 saturated heterocycles. The molecule has 3 heteroatoms. The highest BCUT2D eigenvalue weighted by Gasteiger charge is 2.47. The predicted octanol–water partition coefficient (Wildman–Crippen LogP) is 2.09. The Morgan fingerprint density at radius 3 is 2.60 bits per heavy atom. The molecule has 84 valence electrons. The second kappa shape index (κ2) is 3.95. The molecule has 0 aromatic heterocycles. The van der Waals surface area contributed by atoms with Gasteiger partial charge >= 0.3 is 5.97 Å². The number of hydrogen-bond acceptors (Lipinski definition) is 3. The van der Waals surface area contributed by atoms with E-state index in [1.807, 2.05) is 0 Å². The highest BCUT2D eigenvalue weighted by molar-refractivity contribution is 6.01. The normalized spacial score (nSPS) is 29.4. The maximum absolute atomic E-state index is 11.7. The molecule has 1 atom stereocenters. The van der Waals surface area contributed by atoms with Crippen LogP contribution in [0.5, 0.6) is 0 Å². The van der Waals surface area contributed by atoms with Gasteiger partial charge in [0.25, 0.3) is 0 Å². The monoisotopic (exact) mass is 210 g/mol. The summed E-state index contributed by atoms with van der Waals surface area (Å²) in [6.07, 6.45) is 7.27. The lowest BCUT2D eigenvalue weighted by Crippen LogP contribution is -2.22. The third-order valence-electron chi connectivity index (χ3n) is 3.97. The van der Waals surface area contributed by atoms with Crippen LogP contribution in [0.2, 0.25) is 0 Å². The molecule has 0 aromatic rings. The van der Waals surface area contributed by atoms with Gasteiger partial charge < -0.3 is 4.74 Å². The fourth-order valence-electron chi connectivity index (χ4n) is 3.15. The van der Waals surface area contributed by atoms with Crippen molar-refractivity contribution in [3.05, 3.63) is 0 Å². The Bertz CT molecular complexity index is 277. The minimum atomic E-state index is -0.465. The SMILES string of the molecule is COC(=O)C1CC2(CCCCC2)CC1=O. The quantitative estimate of drug-likeness (QED) is 0.491. The van der Waals surface area contributed by atoms with E-state index in [1.165, 1.54) is 26.4 Å². The van der Waals surface area contributed by atoms with E-state index in [1.54, 1.807) is 0 Å². The van der Waals surface area contributed by atoms with Crippen molar-refractivity contribution in [1.29, 1.82) is 0 Å². The molecule has 0 heterocycles. The van der Waals surface area contributed by atoms with Crippen LogP contribution in [0.3, 0.4) is 0 Å². The van der Waals surface area contributed by atoms with E-state index in [0.29, 0.717) is 6.42 Å². The number of ketones is 1. The van der Waals surface area contributed by atoms with Crippen LogP contribution in [-0.2, 0) is 14.3 Å². The zero-order valence-corrected chi connectivity index (χ0v) is 9.25. The number of carbonyl (C=O) groups is 2. The summed E-state index contributed by atoms with van der Waals surface area (Å²) < 4.78 is 4.68. The first-order chi connectivity index (χ1) is 7.17. The molecule has 0 aliphatic heterocycles. The summed E-state index contributed by atoms with van der Waals surface area (Å²) in [5, 5.41) is 0. The molecular weight excluding hydrogens is 192 g/mol. The lowest BCUT2D eigenvalue weighted by molar-refractivity contribution is -0.148. The lowest BCUT2D eigenvalue weighted by Gasteiger charge is -2.32. The number of carbonyl (C=O) groups excluding carboxylic acids is 2. The molecule has 2 aliphatic carbocycles. The van der Waals surface area contributed by atoms with Crippen LogP contribution in [0.4, 0.5) is 0 Å². The van der Waals surface area contributed by atoms with E-state index >= 15 is 0 Å². The fourth-order valence-corrected chi connectivity index (χ4v) is 3.15. The number of Topliss-reactive ketones (excluding diaryl/α,β-unsaturated/α-hetero) is 1. The summed E-state index contributed by atoms with van der Waals surface area (Å²) in [4.78, 5) is 23.2. The van der Waals surface area contributed by atoms with Crippen molar-refractivity contribution in [2.45, 2.75) is 44.9 Å². The van der Waals surface area contributed by atoms with Crippen LogP contribution in [0, 0.1) is 11.3 Å². The molecule has 2 rings (SSSR count). The second-order valence-electron chi connectivity index (χ2n) is 4.98. The Balaban J connectivity index is 2.08. The van der Waals surface area contributed by atoms with Crippen LogP contribution in [0.25, 0.3) is 0 Å². The van der Waals surface area contributed by atoms with Crippen LogP contribution < -0.4 is 0 Å². The molecule has 3 nitrogen and oxygen atoms in total. The molecule has 0 amide bonds. The number of esters is 1. The zero-order chi connectivity index (χ0) is 10.9. The van der Waals surface area contributed by atoms with E-state index < -0.39 is 5.92 Å². The van der Waals surface area contributed by atoms with Crippen molar-refractivity contribution >= 4 is 11.8 Å². The average Bonchev–Trinajstić information content (AvgIpc) is 2.55. The van der Waals surface area contributed by atoms with Gasteiger partial charge in [-0.1, -0.05) is 19.3 Å². The van der Waals surface area contributed by atoms with Gasteiger partial charge in [0.1, 0.15) is 11.7 Å². The van der Waals surface area contributed by atoms with Crippen molar-refractivity contribution in [2.24, 2.45) is 11.3 Å². The summed E-state index contributed by atoms with van der Waals surface area (Å²) in [6.45, 7) is 0. The van der Waals surface area contributed by atoms with Gasteiger partial charge in [0, 0.05) is 6.42 Å². The van der Waals surface area contributed by atoms with Gasteiger partial charge in [-0.3, -0.25) is 9.59 Å². The molecule has 2 saturated carbocycles. The summed E-state index contributed by atoms with van der Waals surface area (Å²) >= 11 is 0. The van der Waals surface area contributed by atoms with E-state index in [4.69, 9.17) is 0 Å². The van der Waals surface area contributed by atoms with Crippen molar-refractivity contribution in [1.82, 2.24) is 0 Å². The Hall–Kier alpha value is -0.860. The Labute approximate surface area is 90.2 Å². The third kappa shape index (κ3) is 1.92. The maximum Gasteiger partial charge on any atom is 0.316 e. The van der Waals surface area contributed by atoms with E-state index in [2.05, 4.69) is 4.74 Å². The van der Waals surface area contributed by atoms with Gasteiger partial charge in [-0.25, -0.2) is 0 Å². The Kier molecular flexibility index (Phi) is 2.81. The van der Waals surface area contributed by atoms with Crippen molar-refractivity contribution in [2.75, 3.05) is 7.11 Å². The highest BCUT2D eigenvalue weighted by atomic mass is 16.5. The maximum atomic E-state index is 11.7. The topological polar surface area (TPSA) is 43.4 Å². The standard InChI is InChI=1S/C12H18O3/c1-15-11(14)9-7-12(8-10(9)13)5-3-2-4-6-12/h9H,2-8H2,1H3. The molecule has 2 fully saturated rings. The van der Waals surface area contributed by atoms with E-state index in [-0.39, 0.29) is 17.2 Å². The van der Waals surface area contributed by atoms with Gasteiger partial charge in [-0.2, -0.15) is 0 Å². The van der Waals surface area contributed by atoms with E-state index in [0.717, 1.165) is 19.3 Å².